The van der Waals surface area contributed by atoms with E-state index in [2.05, 4.69) is 9.97 Å². The number of aromatic amines is 1. The van der Waals surface area contributed by atoms with E-state index in [1.807, 2.05) is 19.1 Å². The summed E-state index contributed by atoms with van der Waals surface area (Å²) in [5.74, 6) is 2.86. The molecule has 2 aromatic rings. The van der Waals surface area contributed by atoms with Gasteiger partial charge in [-0.1, -0.05) is 0 Å². The van der Waals surface area contributed by atoms with E-state index in [4.69, 9.17) is 9.47 Å². The first-order valence-corrected chi connectivity index (χ1v) is 6.76. The molecule has 0 unspecified atom stereocenters. The van der Waals surface area contributed by atoms with Gasteiger partial charge in [-0.05, 0) is 44.0 Å². The van der Waals surface area contributed by atoms with Gasteiger partial charge in [-0.25, -0.2) is 0 Å². The van der Waals surface area contributed by atoms with Crippen LogP contribution in [0.25, 0.3) is 0 Å². The van der Waals surface area contributed by atoms with Gasteiger partial charge in [0.05, 0.1) is 12.7 Å². The van der Waals surface area contributed by atoms with E-state index in [1.54, 1.807) is 12.1 Å². The van der Waals surface area contributed by atoms with Gasteiger partial charge < -0.3 is 14.5 Å². The summed E-state index contributed by atoms with van der Waals surface area (Å²) in [7, 11) is 0. The molecule has 0 spiro atoms. The van der Waals surface area contributed by atoms with E-state index in [0.717, 1.165) is 24.4 Å². The molecule has 1 aromatic carbocycles. The molecule has 5 nitrogen and oxygen atoms in total. The Kier molecular flexibility index (Phi) is 3.41. The maximum absolute atomic E-state index is 11.6. The first-order valence-electron chi connectivity index (χ1n) is 6.76. The fraction of sp³-hybridized carbons (Fsp3) is 0.333. The van der Waals surface area contributed by atoms with Gasteiger partial charge >= 0.3 is 0 Å². The van der Waals surface area contributed by atoms with Crippen LogP contribution in [0, 0.1) is 0 Å². The van der Waals surface area contributed by atoms with Crippen molar-refractivity contribution in [2.75, 3.05) is 6.61 Å². The SMILES string of the molecule is CCOc1ccc(Oc2cc(=O)[nH]c(C3CC3)n2)cc1. The summed E-state index contributed by atoms with van der Waals surface area (Å²) < 4.78 is 11.0. The monoisotopic (exact) mass is 272 g/mol. The molecule has 0 radical (unpaired) electrons. The summed E-state index contributed by atoms with van der Waals surface area (Å²) in [6.07, 6.45) is 2.16. The van der Waals surface area contributed by atoms with Crippen LogP contribution in [0.3, 0.4) is 0 Å². The van der Waals surface area contributed by atoms with Crippen molar-refractivity contribution < 1.29 is 9.47 Å². The van der Waals surface area contributed by atoms with E-state index < -0.39 is 0 Å². The van der Waals surface area contributed by atoms with E-state index in [1.165, 1.54) is 6.07 Å². The lowest BCUT2D eigenvalue weighted by Crippen LogP contribution is -2.10. The molecule has 0 aliphatic heterocycles. The molecule has 1 saturated carbocycles. The summed E-state index contributed by atoms with van der Waals surface area (Å²) in [5.41, 5.74) is -0.178. The molecule has 1 heterocycles. The number of nitrogens with zero attached hydrogens (tertiary/aromatic N) is 1. The largest absolute Gasteiger partial charge is 0.494 e. The van der Waals surface area contributed by atoms with Crippen LogP contribution in [0.1, 0.15) is 31.5 Å². The topological polar surface area (TPSA) is 64.2 Å². The van der Waals surface area contributed by atoms with Gasteiger partial charge in [0.25, 0.3) is 5.56 Å². The third kappa shape index (κ3) is 2.99. The Balaban J connectivity index is 1.78. The maximum Gasteiger partial charge on any atom is 0.254 e. The smallest absolute Gasteiger partial charge is 0.254 e. The number of hydrogen-bond acceptors (Lipinski definition) is 4. The normalized spacial score (nSPS) is 14.1. The number of hydrogen-bond donors (Lipinski definition) is 1. The Morgan fingerprint density at radius 1 is 1.25 bits per heavy atom. The van der Waals surface area contributed by atoms with E-state index in [-0.39, 0.29) is 5.56 Å². The molecule has 1 aromatic heterocycles. The number of benzene rings is 1. The fourth-order valence-electron chi connectivity index (χ4n) is 1.95. The van der Waals surface area contributed by atoms with Crippen LogP contribution in [0.5, 0.6) is 17.4 Å². The highest BCUT2D eigenvalue weighted by molar-refractivity contribution is 5.33. The van der Waals surface area contributed by atoms with Gasteiger partial charge in [0, 0.05) is 5.92 Å². The predicted molar refractivity (Wildman–Crippen MR) is 74.5 cm³/mol. The second-order valence-electron chi connectivity index (χ2n) is 4.75. The maximum atomic E-state index is 11.6. The van der Waals surface area contributed by atoms with Crippen molar-refractivity contribution in [3.8, 4) is 17.4 Å². The first kappa shape index (κ1) is 12.7. The van der Waals surface area contributed by atoms with Crippen LogP contribution in [0.4, 0.5) is 0 Å². The summed E-state index contributed by atoms with van der Waals surface area (Å²) >= 11 is 0. The Morgan fingerprint density at radius 2 is 1.95 bits per heavy atom. The zero-order chi connectivity index (χ0) is 13.9. The average Bonchev–Trinajstić information content (AvgIpc) is 3.25. The van der Waals surface area contributed by atoms with Crippen LogP contribution in [-0.2, 0) is 0 Å². The highest BCUT2D eigenvalue weighted by atomic mass is 16.5. The summed E-state index contributed by atoms with van der Waals surface area (Å²) in [4.78, 5) is 18.7. The van der Waals surface area contributed by atoms with E-state index in [9.17, 15) is 4.79 Å². The summed E-state index contributed by atoms with van der Waals surface area (Å²) in [5, 5.41) is 0. The highest BCUT2D eigenvalue weighted by Crippen LogP contribution is 2.38. The van der Waals surface area contributed by atoms with Crippen molar-refractivity contribution in [2.24, 2.45) is 0 Å². The fourth-order valence-corrected chi connectivity index (χ4v) is 1.95. The van der Waals surface area contributed by atoms with Gasteiger partial charge in [-0.2, -0.15) is 4.98 Å². The quantitative estimate of drug-likeness (QED) is 0.909. The third-order valence-electron chi connectivity index (χ3n) is 3.06. The van der Waals surface area contributed by atoms with Crippen LogP contribution in [0.2, 0.25) is 0 Å². The predicted octanol–water partition coefficient (Wildman–Crippen LogP) is 2.84. The Hall–Kier alpha value is -2.30. The Morgan fingerprint density at radius 3 is 2.60 bits per heavy atom. The van der Waals surface area contributed by atoms with Crippen molar-refractivity contribution in [3.63, 3.8) is 0 Å². The minimum Gasteiger partial charge on any atom is -0.494 e. The summed E-state index contributed by atoms with van der Waals surface area (Å²) in [6, 6.07) is 8.61. The van der Waals surface area contributed by atoms with Gasteiger partial charge in [0.2, 0.25) is 5.88 Å². The number of ether oxygens (including phenoxy) is 2. The molecule has 0 amide bonds. The molecule has 20 heavy (non-hydrogen) atoms. The van der Waals surface area contributed by atoms with Gasteiger partial charge in [0.1, 0.15) is 17.3 Å². The van der Waals surface area contributed by atoms with Crippen LogP contribution < -0.4 is 15.0 Å². The molecule has 1 N–H and O–H groups in total. The van der Waals surface area contributed by atoms with Crippen LogP contribution in [-0.4, -0.2) is 16.6 Å². The molecular weight excluding hydrogens is 256 g/mol. The summed E-state index contributed by atoms with van der Waals surface area (Å²) in [6.45, 7) is 2.56. The molecule has 0 atom stereocenters. The lowest BCUT2D eigenvalue weighted by Gasteiger charge is -2.07. The zero-order valence-corrected chi connectivity index (χ0v) is 11.3. The van der Waals surface area contributed by atoms with Gasteiger partial charge in [-0.15, -0.1) is 0 Å². The molecule has 0 bridgehead atoms. The van der Waals surface area contributed by atoms with Crippen LogP contribution in [0.15, 0.2) is 35.1 Å². The standard InChI is InChI=1S/C15H16N2O3/c1-2-19-11-5-7-12(8-6-11)20-14-9-13(18)16-15(17-14)10-3-4-10/h5-10H,2-4H2,1H3,(H,16,17,18). The first-order chi connectivity index (χ1) is 9.74. The van der Waals surface area contributed by atoms with Crippen molar-refractivity contribution in [3.05, 3.63) is 46.5 Å². The Bertz CT molecular complexity index is 645. The molecule has 5 heteroatoms. The second-order valence-corrected chi connectivity index (χ2v) is 4.75. The molecule has 104 valence electrons. The molecule has 1 aliphatic carbocycles. The molecular formula is C15H16N2O3. The number of H-pyrrole nitrogens is 1. The van der Waals surface area contributed by atoms with Crippen molar-refractivity contribution in [2.45, 2.75) is 25.7 Å². The van der Waals surface area contributed by atoms with E-state index >= 15 is 0 Å². The second kappa shape index (κ2) is 5.36. The van der Waals surface area contributed by atoms with Gasteiger partial charge in [0.15, 0.2) is 0 Å². The van der Waals surface area contributed by atoms with Crippen molar-refractivity contribution in [1.29, 1.82) is 0 Å². The lowest BCUT2D eigenvalue weighted by atomic mass is 10.3. The minimum atomic E-state index is -0.178. The number of nitrogens with one attached hydrogen (secondary N) is 1. The van der Waals surface area contributed by atoms with Crippen LogP contribution >= 0.6 is 0 Å². The lowest BCUT2D eigenvalue weighted by molar-refractivity contribution is 0.339. The zero-order valence-electron chi connectivity index (χ0n) is 11.3. The average molecular weight is 272 g/mol. The van der Waals surface area contributed by atoms with Crippen molar-refractivity contribution in [1.82, 2.24) is 9.97 Å². The molecule has 3 rings (SSSR count). The highest BCUT2D eigenvalue weighted by Gasteiger charge is 2.26. The molecule has 0 saturated heterocycles. The number of aromatic nitrogens is 2. The van der Waals surface area contributed by atoms with Gasteiger partial charge in [-0.3, -0.25) is 4.79 Å². The molecule has 1 aliphatic rings. The Labute approximate surface area is 116 Å². The van der Waals surface area contributed by atoms with Crippen molar-refractivity contribution >= 4 is 0 Å². The minimum absolute atomic E-state index is 0.178. The molecule has 1 fully saturated rings. The third-order valence-corrected chi connectivity index (χ3v) is 3.06. The van der Waals surface area contributed by atoms with E-state index in [0.29, 0.717) is 24.2 Å². The number of rotatable bonds is 5.